The van der Waals surface area contributed by atoms with E-state index in [4.69, 9.17) is 0 Å². The summed E-state index contributed by atoms with van der Waals surface area (Å²) in [4.78, 5) is 23.5. The minimum Gasteiger partial charge on any atom is -0.326 e. The monoisotopic (exact) mass is 375 g/mol. The molecule has 0 aliphatic rings. The van der Waals surface area contributed by atoms with Gasteiger partial charge in [0.05, 0.1) is 4.90 Å². The third kappa shape index (κ3) is 5.40. The highest BCUT2D eigenvalue weighted by Gasteiger charge is 2.14. The molecule has 2 aromatic carbocycles. The van der Waals surface area contributed by atoms with Crippen LogP contribution >= 0.6 is 0 Å². The van der Waals surface area contributed by atoms with Crippen molar-refractivity contribution in [2.75, 3.05) is 17.2 Å². The molecule has 0 aromatic heterocycles. The third-order valence-electron chi connectivity index (χ3n) is 3.41. The highest BCUT2D eigenvalue weighted by Crippen LogP contribution is 2.17. The van der Waals surface area contributed by atoms with Crippen LogP contribution in [0.5, 0.6) is 0 Å². The number of amides is 2. The van der Waals surface area contributed by atoms with Gasteiger partial charge in [0.2, 0.25) is 15.9 Å². The van der Waals surface area contributed by atoms with Gasteiger partial charge < -0.3 is 10.6 Å². The maximum absolute atomic E-state index is 12.3. The van der Waals surface area contributed by atoms with Crippen molar-refractivity contribution in [2.24, 2.45) is 0 Å². The van der Waals surface area contributed by atoms with Crippen LogP contribution < -0.4 is 15.4 Å². The predicted octanol–water partition coefficient (Wildman–Crippen LogP) is 2.59. The third-order valence-corrected chi connectivity index (χ3v) is 4.89. The van der Waals surface area contributed by atoms with Crippen molar-refractivity contribution in [3.63, 3.8) is 0 Å². The molecule has 0 radical (unpaired) electrons. The Morgan fingerprint density at radius 1 is 0.962 bits per heavy atom. The van der Waals surface area contributed by atoms with Crippen LogP contribution in [0.4, 0.5) is 11.4 Å². The maximum Gasteiger partial charge on any atom is 0.255 e. The molecule has 0 spiro atoms. The zero-order valence-electron chi connectivity index (χ0n) is 14.6. The van der Waals surface area contributed by atoms with Crippen LogP contribution in [0.3, 0.4) is 0 Å². The van der Waals surface area contributed by atoms with Crippen molar-refractivity contribution in [3.05, 3.63) is 54.1 Å². The molecule has 0 atom stereocenters. The number of benzene rings is 2. The highest BCUT2D eigenvalue weighted by molar-refractivity contribution is 7.89. The summed E-state index contributed by atoms with van der Waals surface area (Å²) in [6.07, 6.45) is 0.692. The zero-order valence-corrected chi connectivity index (χ0v) is 15.4. The van der Waals surface area contributed by atoms with Gasteiger partial charge in [-0.3, -0.25) is 9.59 Å². The zero-order chi connectivity index (χ0) is 19.2. The summed E-state index contributed by atoms with van der Waals surface area (Å²) < 4.78 is 26.6. The van der Waals surface area contributed by atoms with Crippen LogP contribution in [0.15, 0.2) is 53.4 Å². The van der Waals surface area contributed by atoms with Crippen LogP contribution in [0.25, 0.3) is 0 Å². The van der Waals surface area contributed by atoms with Crippen molar-refractivity contribution < 1.29 is 18.0 Å². The molecule has 0 bridgehead atoms. The lowest BCUT2D eigenvalue weighted by atomic mass is 10.2. The number of carbonyl (C=O) groups excluding carboxylic acids is 2. The maximum atomic E-state index is 12.3. The molecule has 26 heavy (non-hydrogen) atoms. The Morgan fingerprint density at radius 3 is 2.15 bits per heavy atom. The molecule has 0 fully saturated rings. The minimum absolute atomic E-state index is 0.107. The van der Waals surface area contributed by atoms with Gasteiger partial charge in [0, 0.05) is 30.4 Å². The van der Waals surface area contributed by atoms with E-state index in [9.17, 15) is 18.0 Å². The highest BCUT2D eigenvalue weighted by atomic mass is 32.2. The normalized spacial score (nSPS) is 11.0. The van der Waals surface area contributed by atoms with E-state index in [0.717, 1.165) is 0 Å². The number of hydrogen-bond donors (Lipinski definition) is 3. The summed E-state index contributed by atoms with van der Waals surface area (Å²) in [5.74, 6) is -0.586. The van der Waals surface area contributed by atoms with Gasteiger partial charge in [-0.1, -0.05) is 13.0 Å². The van der Waals surface area contributed by atoms with Crippen LogP contribution in [-0.4, -0.2) is 26.8 Å². The van der Waals surface area contributed by atoms with E-state index in [2.05, 4.69) is 15.4 Å². The topological polar surface area (TPSA) is 104 Å². The van der Waals surface area contributed by atoms with Gasteiger partial charge >= 0.3 is 0 Å². The Hall–Kier alpha value is -2.71. The molecule has 7 nitrogen and oxygen atoms in total. The van der Waals surface area contributed by atoms with Crippen molar-refractivity contribution in [3.8, 4) is 0 Å². The fourth-order valence-corrected chi connectivity index (χ4v) is 3.32. The largest absolute Gasteiger partial charge is 0.326 e. The molecule has 0 heterocycles. The van der Waals surface area contributed by atoms with Gasteiger partial charge in [0.1, 0.15) is 0 Å². The molecule has 0 unspecified atom stereocenters. The second kappa shape index (κ2) is 8.59. The van der Waals surface area contributed by atoms with Crippen molar-refractivity contribution in [2.45, 2.75) is 25.2 Å². The van der Waals surface area contributed by atoms with Crippen molar-refractivity contribution >= 4 is 33.2 Å². The Morgan fingerprint density at radius 2 is 1.58 bits per heavy atom. The lowest BCUT2D eigenvalue weighted by Gasteiger charge is -2.09. The van der Waals surface area contributed by atoms with E-state index in [0.29, 0.717) is 29.9 Å². The van der Waals surface area contributed by atoms with Gasteiger partial charge in [-0.15, -0.1) is 0 Å². The molecule has 8 heteroatoms. The second-order valence-corrected chi connectivity index (χ2v) is 7.41. The molecule has 2 rings (SSSR count). The standard InChI is InChI=1S/C18H21N3O4S/c1-3-11-19-26(24,25)17-9-7-14(8-10-17)18(23)21-16-6-4-5-15(12-16)20-13(2)22/h4-10,12,19H,3,11H2,1-2H3,(H,20,22)(H,21,23). The Bertz CT molecular complexity index is 893. The quantitative estimate of drug-likeness (QED) is 0.692. The first-order valence-electron chi connectivity index (χ1n) is 8.10. The molecular formula is C18H21N3O4S. The van der Waals surface area contributed by atoms with Gasteiger partial charge in [-0.05, 0) is 48.9 Å². The molecule has 0 aliphatic heterocycles. The number of nitrogens with one attached hydrogen (secondary N) is 3. The summed E-state index contributed by atoms with van der Waals surface area (Å²) in [7, 11) is -3.56. The van der Waals surface area contributed by atoms with Crippen molar-refractivity contribution in [1.82, 2.24) is 4.72 Å². The smallest absolute Gasteiger partial charge is 0.255 e. The minimum atomic E-state index is -3.56. The first-order valence-corrected chi connectivity index (χ1v) is 9.59. The summed E-state index contributed by atoms with van der Waals surface area (Å²) in [6, 6.07) is 12.4. The van der Waals surface area contributed by atoms with Crippen LogP contribution in [0.1, 0.15) is 30.6 Å². The van der Waals surface area contributed by atoms with Gasteiger partial charge in [-0.2, -0.15) is 0 Å². The van der Waals surface area contributed by atoms with Gasteiger partial charge in [-0.25, -0.2) is 13.1 Å². The molecule has 2 amide bonds. The number of carbonyl (C=O) groups is 2. The Balaban J connectivity index is 2.10. The Labute approximate surface area is 152 Å². The first-order chi connectivity index (χ1) is 12.3. The SMILES string of the molecule is CCCNS(=O)(=O)c1ccc(C(=O)Nc2cccc(NC(C)=O)c2)cc1. The Kier molecular flexibility index (Phi) is 6.48. The lowest BCUT2D eigenvalue weighted by Crippen LogP contribution is -2.24. The van der Waals surface area contributed by atoms with E-state index in [1.807, 2.05) is 6.92 Å². The van der Waals surface area contributed by atoms with E-state index in [-0.39, 0.29) is 16.7 Å². The van der Waals surface area contributed by atoms with E-state index < -0.39 is 10.0 Å². The molecule has 2 aromatic rings. The molecule has 0 saturated heterocycles. The van der Waals surface area contributed by atoms with E-state index >= 15 is 0 Å². The number of rotatable bonds is 7. The molecular weight excluding hydrogens is 354 g/mol. The average molecular weight is 375 g/mol. The first kappa shape index (κ1) is 19.6. The summed E-state index contributed by atoms with van der Waals surface area (Å²) in [5, 5.41) is 5.34. The molecule has 3 N–H and O–H groups in total. The van der Waals surface area contributed by atoms with Gasteiger partial charge in [0.25, 0.3) is 5.91 Å². The van der Waals surface area contributed by atoms with Crippen LogP contribution in [0, 0.1) is 0 Å². The van der Waals surface area contributed by atoms with Crippen molar-refractivity contribution in [1.29, 1.82) is 0 Å². The second-order valence-electron chi connectivity index (χ2n) is 5.64. The van der Waals surface area contributed by atoms with Crippen LogP contribution in [-0.2, 0) is 14.8 Å². The molecule has 138 valence electrons. The lowest BCUT2D eigenvalue weighted by molar-refractivity contribution is -0.114. The number of anilines is 2. The molecule has 0 aliphatic carbocycles. The summed E-state index contributed by atoms with van der Waals surface area (Å²) in [5.41, 5.74) is 1.41. The van der Waals surface area contributed by atoms with Gasteiger partial charge in [0.15, 0.2) is 0 Å². The molecule has 0 saturated carbocycles. The van der Waals surface area contributed by atoms with E-state index in [1.54, 1.807) is 24.3 Å². The summed E-state index contributed by atoms with van der Waals surface area (Å²) >= 11 is 0. The average Bonchev–Trinajstić information content (AvgIpc) is 2.60. The fourth-order valence-electron chi connectivity index (χ4n) is 2.19. The van der Waals surface area contributed by atoms with Crippen LogP contribution in [0.2, 0.25) is 0 Å². The predicted molar refractivity (Wildman–Crippen MR) is 101 cm³/mol. The number of sulfonamides is 1. The summed E-state index contributed by atoms with van der Waals surface area (Å²) in [6.45, 7) is 3.63. The number of hydrogen-bond acceptors (Lipinski definition) is 4. The van der Waals surface area contributed by atoms with E-state index in [1.165, 1.54) is 31.2 Å². The fraction of sp³-hybridized carbons (Fsp3) is 0.222.